The van der Waals surface area contributed by atoms with Crippen molar-refractivity contribution in [2.75, 3.05) is 13.7 Å². The Hall–Kier alpha value is -4.09. The summed E-state index contributed by atoms with van der Waals surface area (Å²) in [5, 5.41) is 4.28. The van der Waals surface area contributed by atoms with Gasteiger partial charge in [0.1, 0.15) is 37.7 Å². The molecule has 0 fully saturated rings. The Labute approximate surface area is 206 Å². The van der Waals surface area contributed by atoms with Crippen molar-refractivity contribution in [2.45, 2.75) is 19.3 Å². The molecular formula is C30H29N3O2. The molecule has 0 N–H and O–H groups in total. The third-order valence-electron chi connectivity index (χ3n) is 6.03. The van der Waals surface area contributed by atoms with Gasteiger partial charge in [0.15, 0.2) is 0 Å². The van der Waals surface area contributed by atoms with Crippen molar-refractivity contribution in [1.82, 2.24) is 10.0 Å². The highest BCUT2D eigenvalue weighted by Gasteiger charge is 2.26. The summed E-state index contributed by atoms with van der Waals surface area (Å²) in [7, 11) is 2.05. The van der Waals surface area contributed by atoms with Crippen molar-refractivity contribution >= 4 is 6.34 Å². The standard InChI is InChI=1S/C30H29N3O2/c1-32-22-31-23-33(32)30(26-12-16-28(17-13-26)34-20-24-8-4-2-5-9-24)27-14-18-29(19-15-27)35-21-25-10-6-3-7-11-25/h2-19,23,30H,20-22H2,1H3. The fourth-order valence-electron chi connectivity index (χ4n) is 4.14. The zero-order valence-corrected chi connectivity index (χ0v) is 19.8. The lowest BCUT2D eigenvalue weighted by atomic mass is 9.98. The van der Waals surface area contributed by atoms with Crippen molar-refractivity contribution < 1.29 is 9.47 Å². The number of benzene rings is 4. The van der Waals surface area contributed by atoms with E-state index < -0.39 is 0 Å². The van der Waals surface area contributed by atoms with Gasteiger partial charge in [-0.05, 0) is 46.5 Å². The molecule has 5 heteroatoms. The fourth-order valence-corrected chi connectivity index (χ4v) is 4.14. The zero-order valence-electron chi connectivity index (χ0n) is 19.8. The second-order valence-electron chi connectivity index (χ2n) is 8.57. The highest BCUT2D eigenvalue weighted by atomic mass is 16.5. The molecular weight excluding hydrogens is 434 g/mol. The number of rotatable bonds is 9. The second-order valence-corrected chi connectivity index (χ2v) is 8.57. The van der Waals surface area contributed by atoms with Crippen LogP contribution in [0.15, 0.2) is 114 Å². The Morgan fingerprint density at radius 2 is 1.11 bits per heavy atom. The molecule has 0 spiro atoms. The minimum absolute atomic E-state index is 0.00223. The smallest absolute Gasteiger partial charge is 0.119 e. The van der Waals surface area contributed by atoms with E-state index in [1.807, 2.05) is 67.0 Å². The minimum Gasteiger partial charge on any atom is -0.489 e. The van der Waals surface area contributed by atoms with Crippen molar-refractivity contribution in [3.05, 3.63) is 131 Å². The van der Waals surface area contributed by atoms with Crippen LogP contribution in [-0.4, -0.2) is 30.1 Å². The summed E-state index contributed by atoms with van der Waals surface area (Å²) in [4.78, 5) is 4.46. The quantitative estimate of drug-likeness (QED) is 0.301. The predicted octanol–water partition coefficient (Wildman–Crippen LogP) is 6.08. The topological polar surface area (TPSA) is 37.3 Å². The van der Waals surface area contributed by atoms with Crippen LogP contribution in [0.4, 0.5) is 0 Å². The van der Waals surface area contributed by atoms with Gasteiger partial charge in [-0.3, -0.25) is 10.0 Å². The first-order valence-electron chi connectivity index (χ1n) is 11.8. The number of hydrogen-bond acceptors (Lipinski definition) is 5. The molecule has 1 aliphatic rings. The van der Waals surface area contributed by atoms with Gasteiger partial charge >= 0.3 is 0 Å². The van der Waals surface area contributed by atoms with Crippen molar-refractivity contribution in [1.29, 1.82) is 0 Å². The Morgan fingerprint density at radius 3 is 1.51 bits per heavy atom. The Balaban J connectivity index is 1.31. The second kappa shape index (κ2) is 10.9. The van der Waals surface area contributed by atoms with Crippen LogP contribution in [0.5, 0.6) is 11.5 Å². The lowest BCUT2D eigenvalue weighted by molar-refractivity contribution is 0.0780. The Kier molecular flexibility index (Phi) is 7.06. The van der Waals surface area contributed by atoms with Crippen molar-refractivity contribution in [3.8, 4) is 11.5 Å². The normalized spacial score (nSPS) is 13.4. The molecule has 0 aromatic heterocycles. The summed E-state index contributed by atoms with van der Waals surface area (Å²) >= 11 is 0. The van der Waals surface area contributed by atoms with Crippen LogP contribution >= 0.6 is 0 Å². The first-order chi connectivity index (χ1) is 17.3. The molecule has 1 heterocycles. The van der Waals surface area contributed by atoms with Crippen molar-refractivity contribution in [2.24, 2.45) is 4.99 Å². The third-order valence-corrected chi connectivity index (χ3v) is 6.03. The lowest BCUT2D eigenvalue weighted by Crippen LogP contribution is -2.37. The number of aliphatic imine (C=N–C) groups is 1. The van der Waals surface area contributed by atoms with Crippen LogP contribution in [0.25, 0.3) is 0 Å². The monoisotopic (exact) mass is 463 g/mol. The van der Waals surface area contributed by atoms with E-state index in [-0.39, 0.29) is 6.04 Å². The summed E-state index contributed by atoms with van der Waals surface area (Å²) in [6.07, 6.45) is 1.91. The molecule has 5 nitrogen and oxygen atoms in total. The summed E-state index contributed by atoms with van der Waals surface area (Å²) in [5.41, 5.74) is 4.63. The molecule has 1 aliphatic heterocycles. The van der Waals surface area contributed by atoms with Gasteiger partial charge in [-0.15, -0.1) is 0 Å². The molecule has 35 heavy (non-hydrogen) atoms. The zero-order chi connectivity index (χ0) is 23.9. The first kappa shape index (κ1) is 22.7. The van der Waals surface area contributed by atoms with Gasteiger partial charge in [0, 0.05) is 7.05 Å². The van der Waals surface area contributed by atoms with Gasteiger partial charge in [0.05, 0.1) is 6.04 Å². The van der Waals surface area contributed by atoms with Crippen LogP contribution < -0.4 is 9.47 Å². The third kappa shape index (κ3) is 5.70. The molecule has 0 aliphatic carbocycles. The van der Waals surface area contributed by atoms with Crippen LogP contribution in [0.2, 0.25) is 0 Å². The average Bonchev–Trinajstić information content (AvgIpc) is 3.34. The molecule has 4 aromatic carbocycles. The van der Waals surface area contributed by atoms with Crippen molar-refractivity contribution in [3.63, 3.8) is 0 Å². The van der Waals surface area contributed by atoms with Crippen LogP contribution in [0.3, 0.4) is 0 Å². The Bertz CT molecular complexity index is 1140. The van der Waals surface area contributed by atoms with Gasteiger partial charge in [0.25, 0.3) is 0 Å². The maximum absolute atomic E-state index is 5.99. The number of hydrazine groups is 1. The maximum Gasteiger partial charge on any atom is 0.119 e. The Morgan fingerprint density at radius 1 is 0.657 bits per heavy atom. The fraction of sp³-hybridized carbons (Fsp3) is 0.167. The number of ether oxygens (including phenoxy) is 2. The van der Waals surface area contributed by atoms with Gasteiger partial charge < -0.3 is 9.47 Å². The molecule has 176 valence electrons. The average molecular weight is 464 g/mol. The summed E-state index contributed by atoms with van der Waals surface area (Å²) in [5.74, 6) is 1.70. The SMILES string of the molecule is CN1CN=CN1C(c1ccc(OCc2ccccc2)cc1)c1ccc(OCc2ccccc2)cc1. The van der Waals surface area contributed by atoms with E-state index in [2.05, 4.69) is 70.6 Å². The highest BCUT2D eigenvalue weighted by molar-refractivity contribution is 5.59. The van der Waals surface area contributed by atoms with Gasteiger partial charge in [0.2, 0.25) is 0 Å². The molecule has 0 amide bonds. The molecule has 0 unspecified atom stereocenters. The summed E-state index contributed by atoms with van der Waals surface area (Å²) in [6, 6.07) is 37.1. The van der Waals surface area contributed by atoms with E-state index >= 15 is 0 Å². The number of nitrogens with zero attached hydrogens (tertiary/aromatic N) is 3. The molecule has 0 saturated carbocycles. The van der Waals surface area contributed by atoms with E-state index in [4.69, 9.17) is 9.47 Å². The first-order valence-corrected chi connectivity index (χ1v) is 11.8. The lowest BCUT2D eigenvalue weighted by Gasteiger charge is -2.33. The van der Waals surface area contributed by atoms with E-state index in [1.54, 1.807) is 0 Å². The number of hydrogen-bond donors (Lipinski definition) is 0. The van der Waals surface area contributed by atoms with E-state index in [0.717, 1.165) is 33.8 Å². The highest BCUT2D eigenvalue weighted by Crippen LogP contribution is 2.32. The molecule has 0 radical (unpaired) electrons. The molecule has 5 rings (SSSR count). The van der Waals surface area contributed by atoms with E-state index in [9.17, 15) is 0 Å². The molecule has 0 saturated heterocycles. The molecule has 0 atom stereocenters. The van der Waals surface area contributed by atoms with E-state index in [0.29, 0.717) is 19.9 Å². The van der Waals surface area contributed by atoms with Crippen LogP contribution in [0.1, 0.15) is 28.3 Å². The molecule has 4 aromatic rings. The van der Waals surface area contributed by atoms with Gasteiger partial charge in [-0.25, -0.2) is 5.01 Å². The van der Waals surface area contributed by atoms with E-state index in [1.165, 1.54) is 0 Å². The largest absolute Gasteiger partial charge is 0.489 e. The van der Waals surface area contributed by atoms with Crippen LogP contribution in [0, 0.1) is 0 Å². The summed E-state index contributed by atoms with van der Waals surface area (Å²) < 4.78 is 12.0. The van der Waals surface area contributed by atoms with Gasteiger partial charge in [-0.2, -0.15) is 0 Å². The minimum atomic E-state index is -0.00223. The van der Waals surface area contributed by atoms with Crippen LogP contribution in [-0.2, 0) is 13.2 Å². The predicted molar refractivity (Wildman–Crippen MR) is 139 cm³/mol. The van der Waals surface area contributed by atoms with Gasteiger partial charge in [-0.1, -0.05) is 84.9 Å². The maximum atomic E-state index is 5.99. The summed E-state index contributed by atoms with van der Waals surface area (Å²) in [6.45, 7) is 1.75. The molecule has 0 bridgehead atoms.